The number of nitrogens with two attached hydrogens (primary N) is 2. The lowest BCUT2D eigenvalue weighted by molar-refractivity contribution is -0.142. The van der Waals surface area contributed by atoms with Crippen molar-refractivity contribution in [2.24, 2.45) is 11.5 Å². The third-order valence-electron chi connectivity index (χ3n) is 10.9. The first-order valence-electron chi connectivity index (χ1n) is 19.6. The third-order valence-corrected chi connectivity index (χ3v) is 10.9. The van der Waals surface area contributed by atoms with Gasteiger partial charge in [0.2, 0.25) is 11.8 Å². The zero-order chi connectivity index (χ0) is 44.9. The zero-order valence-electron chi connectivity index (χ0n) is 33.2. The highest BCUT2D eigenvalue weighted by Crippen LogP contribution is 2.40. The number of amides is 2. The quantitative estimate of drug-likeness (QED) is 0.128. The Bertz CT molecular complexity index is 3310. The van der Waals surface area contributed by atoms with Gasteiger partial charge in [0.25, 0.3) is 0 Å². The van der Waals surface area contributed by atoms with Crippen molar-refractivity contribution < 1.29 is 35.9 Å². The van der Waals surface area contributed by atoms with E-state index < -0.39 is 35.6 Å². The largest absolute Gasteiger partial charge is 0.435 e. The normalized spacial score (nSPS) is 11.8. The number of nitrogens with zero attached hydrogens (tertiary/aromatic N) is 4. The molecule has 14 heteroatoms. The number of hydrogen-bond donors (Lipinski definition) is 2. The van der Waals surface area contributed by atoms with Crippen LogP contribution in [-0.2, 0) is 12.4 Å². The summed E-state index contributed by atoms with van der Waals surface area (Å²) in [6.45, 7) is 0. The minimum Gasteiger partial charge on any atom is -0.366 e. The molecule has 8 aromatic carbocycles. The molecule has 2 amide bonds. The lowest BCUT2D eigenvalue weighted by Crippen LogP contribution is -2.11. The van der Waals surface area contributed by atoms with Gasteiger partial charge >= 0.3 is 12.4 Å². The van der Waals surface area contributed by atoms with Crippen molar-refractivity contribution in [2.45, 2.75) is 12.4 Å². The zero-order valence-corrected chi connectivity index (χ0v) is 33.2. The van der Waals surface area contributed by atoms with Crippen LogP contribution in [0.3, 0.4) is 0 Å². The van der Waals surface area contributed by atoms with Gasteiger partial charge in [-0.25, -0.2) is 9.36 Å². The molecule has 0 saturated carbocycles. The van der Waals surface area contributed by atoms with Crippen molar-refractivity contribution in [2.75, 3.05) is 0 Å². The van der Waals surface area contributed by atoms with E-state index in [1.54, 1.807) is 6.07 Å². The Hall–Kier alpha value is -8.26. The molecule has 316 valence electrons. The number of fused-ring (bicyclic) bond motifs is 6. The van der Waals surface area contributed by atoms with Crippen LogP contribution in [0.4, 0.5) is 26.3 Å². The standard InChI is InChI=1S/2C25H16F3N3O/c26-25(27,28)23-14-22(31(30-23)17-11-9-15(10-12-17)24(29)32)21-13-16-5-1-2-6-18(16)19-7-3-4-8-20(19)21;26-25(27,28)22-14-21(31(30-22)18-12-10-17(11-13-18)24(29)32)20-7-3-5-16-9-8-15-4-1-2-6-19(15)23(16)20/h2*1-14H,(H2,29,32). The topological polar surface area (TPSA) is 122 Å². The summed E-state index contributed by atoms with van der Waals surface area (Å²) >= 11 is 0. The molecule has 0 bridgehead atoms. The molecule has 64 heavy (non-hydrogen) atoms. The van der Waals surface area contributed by atoms with Crippen molar-refractivity contribution >= 4 is 54.9 Å². The Kier molecular flexibility index (Phi) is 10.2. The highest BCUT2D eigenvalue weighted by atomic mass is 19.4. The van der Waals surface area contributed by atoms with Crippen LogP contribution >= 0.6 is 0 Å². The predicted octanol–water partition coefficient (Wildman–Crippen LogP) is 11.9. The molecule has 8 nitrogen and oxygen atoms in total. The second kappa shape index (κ2) is 15.9. The molecule has 0 aliphatic heterocycles. The van der Waals surface area contributed by atoms with E-state index in [0.717, 1.165) is 55.2 Å². The molecule has 10 rings (SSSR count). The molecule has 10 aromatic rings. The fraction of sp³-hybridized carbons (Fsp3) is 0.0400. The predicted molar refractivity (Wildman–Crippen MR) is 235 cm³/mol. The summed E-state index contributed by atoms with van der Waals surface area (Å²) < 4.78 is 84.2. The van der Waals surface area contributed by atoms with Crippen molar-refractivity contribution in [3.63, 3.8) is 0 Å². The smallest absolute Gasteiger partial charge is 0.366 e. The SMILES string of the molecule is NC(=O)c1ccc(-n2nc(C(F)(F)F)cc2-c2cc3ccccc3c3ccccc23)cc1.NC(=O)c1ccc(-n2nc(C(F)(F)F)cc2-c2cccc3ccc4ccccc4c23)cc1. The summed E-state index contributed by atoms with van der Waals surface area (Å²) in [5.74, 6) is -1.23. The number of alkyl halides is 6. The van der Waals surface area contributed by atoms with Crippen LogP contribution < -0.4 is 11.5 Å². The molecule has 0 radical (unpaired) electrons. The van der Waals surface area contributed by atoms with E-state index in [9.17, 15) is 35.9 Å². The Balaban J connectivity index is 0.000000162. The maximum absolute atomic E-state index is 13.6. The number of hydrogen-bond acceptors (Lipinski definition) is 4. The average Bonchev–Trinajstić information content (AvgIpc) is 3.96. The molecule has 0 spiro atoms. The van der Waals surface area contributed by atoms with Crippen LogP contribution in [0.25, 0.3) is 77.0 Å². The van der Waals surface area contributed by atoms with Crippen molar-refractivity contribution in [1.29, 1.82) is 0 Å². The number of halogens is 6. The van der Waals surface area contributed by atoms with E-state index in [1.165, 1.54) is 57.9 Å². The lowest BCUT2D eigenvalue weighted by atomic mass is 9.95. The van der Waals surface area contributed by atoms with E-state index in [4.69, 9.17) is 11.5 Å². The van der Waals surface area contributed by atoms with Gasteiger partial charge in [0.15, 0.2) is 11.4 Å². The molecular weight excluding hydrogens is 831 g/mol. The first-order chi connectivity index (χ1) is 30.7. The lowest BCUT2D eigenvalue weighted by Gasteiger charge is -2.13. The maximum Gasteiger partial charge on any atom is 0.435 e. The van der Waals surface area contributed by atoms with E-state index in [1.807, 2.05) is 103 Å². The van der Waals surface area contributed by atoms with Gasteiger partial charge in [-0.1, -0.05) is 103 Å². The minimum absolute atomic E-state index is 0.259. The van der Waals surface area contributed by atoms with Gasteiger partial charge in [-0.15, -0.1) is 0 Å². The number of carbonyl (C=O) groups is 2. The Morgan fingerprint density at radius 1 is 0.422 bits per heavy atom. The van der Waals surface area contributed by atoms with E-state index >= 15 is 0 Å². The van der Waals surface area contributed by atoms with Crippen molar-refractivity contribution in [3.8, 4) is 33.9 Å². The Morgan fingerprint density at radius 2 is 0.859 bits per heavy atom. The first-order valence-corrected chi connectivity index (χ1v) is 19.6. The van der Waals surface area contributed by atoms with E-state index in [0.29, 0.717) is 33.9 Å². The first kappa shape index (κ1) is 41.1. The average molecular weight is 863 g/mol. The summed E-state index contributed by atoms with van der Waals surface area (Å²) in [4.78, 5) is 22.8. The number of primary amides is 2. The molecule has 0 saturated heterocycles. The second-order valence-corrected chi connectivity index (χ2v) is 14.9. The van der Waals surface area contributed by atoms with E-state index in [-0.39, 0.29) is 11.1 Å². The molecule has 0 unspecified atom stereocenters. The van der Waals surface area contributed by atoms with Crippen molar-refractivity contribution in [1.82, 2.24) is 19.6 Å². The summed E-state index contributed by atoms with van der Waals surface area (Å²) in [7, 11) is 0. The second-order valence-electron chi connectivity index (χ2n) is 14.9. The van der Waals surface area contributed by atoms with Crippen molar-refractivity contribution in [3.05, 3.63) is 192 Å². The van der Waals surface area contributed by atoms with Gasteiger partial charge in [-0.05, 0) is 110 Å². The van der Waals surface area contributed by atoms with Gasteiger partial charge in [-0.2, -0.15) is 36.5 Å². The number of carbonyl (C=O) groups excluding carboxylic acids is 2. The monoisotopic (exact) mass is 862 g/mol. The van der Waals surface area contributed by atoms with Crippen LogP contribution in [0.15, 0.2) is 170 Å². The third kappa shape index (κ3) is 7.65. The van der Waals surface area contributed by atoms with Gasteiger partial charge < -0.3 is 11.5 Å². The van der Waals surface area contributed by atoms with Crippen LogP contribution in [-0.4, -0.2) is 31.4 Å². The summed E-state index contributed by atoms with van der Waals surface area (Å²) in [5.41, 5.74) is 11.7. The number of benzene rings is 8. The Morgan fingerprint density at radius 3 is 1.39 bits per heavy atom. The number of rotatable bonds is 6. The Labute approximate surface area is 359 Å². The highest BCUT2D eigenvalue weighted by Gasteiger charge is 2.37. The van der Waals surface area contributed by atoms with Gasteiger partial charge in [-0.3, -0.25) is 9.59 Å². The maximum atomic E-state index is 13.6. The minimum atomic E-state index is -4.61. The molecule has 2 heterocycles. The van der Waals surface area contributed by atoms with Crippen LogP contribution in [0, 0.1) is 0 Å². The molecule has 2 aromatic heterocycles. The van der Waals surface area contributed by atoms with Crippen LogP contribution in [0.1, 0.15) is 32.1 Å². The molecule has 0 aliphatic carbocycles. The molecule has 4 N–H and O–H groups in total. The van der Waals surface area contributed by atoms with Crippen LogP contribution in [0.2, 0.25) is 0 Å². The molecular formula is C50H32F6N6O2. The number of aromatic nitrogens is 4. The fourth-order valence-corrected chi connectivity index (χ4v) is 7.89. The summed E-state index contributed by atoms with van der Waals surface area (Å²) in [6.07, 6.45) is -9.22. The van der Waals surface area contributed by atoms with E-state index in [2.05, 4.69) is 10.2 Å². The highest BCUT2D eigenvalue weighted by molar-refractivity contribution is 6.15. The molecule has 0 fully saturated rings. The van der Waals surface area contributed by atoms with Gasteiger partial charge in [0.1, 0.15) is 0 Å². The summed E-state index contributed by atoms with van der Waals surface area (Å²) in [5, 5.41) is 15.1. The molecule has 0 atom stereocenters. The van der Waals surface area contributed by atoms with Gasteiger partial charge in [0.05, 0.1) is 22.8 Å². The summed E-state index contributed by atoms with van der Waals surface area (Å²) in [6, 6.07) is 48.5. The van der Waals surface area contributed by atoms with Crippen LogP contribution in [0.5, 0.6) is 0 Å². The molecule has 0 aliphatic rings. The van der Waals surface area contributed by atoms with Gasteiger partial charge in [0, 0.05) is 22.3 Å². The fourth-order valence-electron chi connectivity index (χ4n) is 7.89.